The first-order chi connectivity index (χ1) is 12.5. The third kappa shape index (κ3) is 4.77. The summed E-state index contributed by atoms with van der Waals surface area (Å²) < 4.78 is 0. The fourth-order valence-corrected chi connectivity index (χ4v) is 3.60. The van der Waals surface area contributed by atoms with E-state index in [1.807, 2.05) is 24.3 Å². The highest BCUT2D eigenvalue weighted by molar-refractivity contribution is 5.77. The van der Waals surface area contributed by atoms with Crippen molar-refractivity contribution in [2.75, 3.05) is 0 Å². The van der Waals surface area contributed by atoms with Crippen molar-refractivity contribution in [2.24, 2.45) is 0 Å². The smallest absolute Gasteiger partial charge is 0.135 e. The van der Waals surface area contributed by atoms with Gasteiger partial charge in [-0.15, -0.1) is 0 Å². The molecule has 6 nitrogen and oxygen atoms in total. The number of hydrogen-bond acceptors (Lipinski definition) is 6. The zero-order valence-corrected chi connectivity index (χ0v) is 15.3. The van der Waals surface area contributed by atoms with Crippen LogP contribution in [0.4, 0.5) is 0 Å². The van der Waals surface area contributed by atoms with Crippen molar-refractivity contribution in [2.45, 2.75) is 64.2 Å². The summed E-state index contributed by atoms with van der Waals surface area (Å²) in [4.78, 5) is 22.4. The van der Waals surface area contributed by atoms with E-state index in [1.54, 1.807) is 13.8 Å². The van der Waals surface area contributed by atoms with Crippen molar-refractivity contribution in [3.05, 3.63) is 47.0 Å². The molecule has 0 N–H and O–H groups in total. The predicted molar refractivity (Wildman–Crippen MR) is 96.8 cm³/mol. The Kier molecular flexibility index (Phi) is 5.81. The standard InChI is InChI=1S/C20H24N4O2/c1-13(25)10-17-6-8-19(23-21-17)15-4-3-5-16(12-15)20-9-7-18(22-24-20)11-14(2)26/h6-9,15-16H,3-5,10-12H2,1-2H3/t15-,16-/m0/s1. The van der Waals surface area contributed by atoms with Crippen molar-refractivity contribution in [1.82, 2.24) is 20.4 Å². The Hall–Kier alpha value is -2.50. The van der Waals surface area contributed by atoms with E-state index < -0.39 is 0 Å². The Morgan fingerprint density at radius 3 is 1.62 bits per heavy atom. The number of carbonyl (C=O) groups is 2. The highest BCUT2D eigenvalue weighted by Gasteiger charge is 2.26. The molecule has 136 valence electrons. The Morgan fingerprint density at radius 1 is 0.808 bits per heavy atom. The summed E-state index contributed by atoms with van der Waals surface area (Å²) in [5.74, 6) is 0.894. The fraction of sp³-hybridized carbons (Fsp3) is 0.500. The van der Waals surface area contributed by atoms with Gasteiger partial charge in [-0.3, -0.25) is 9.59 Å². The van der Waals surface area contributed by atoms with Gasteiger partial charge in [-0.2, -0.15) is 20.4 Å². The number of Topliss-reactive ketones (excluding diaryl/α,β-unsaturated/α-hetero) is 2. The van der Waals surface area contributed by atoms with Crippen LogP contribution in [0.3, 0.4) is 0 Å². The molecule has 0 spiro atoms. The van der Waals surface area contributed by atoms with Gasteiger partial charge in [-0.05, 0) is 57.4 Å². The van der Waals surface area contributed by atoms with Crippen LogP contribution < -0.4 is 0 Å². The summed E-state index contributed by atoms with van der Waals surface area (Å²) in [6.45, 7) is 3.12. The largest absolute Gasteiger partial charge is 0.300 e. The summed E-state index contributed by atoms with van der Waals surface area (Å²) >= 11 is 0. The number of ketones is 2. The molecule has 1 aliphatic carbocycles. The molecule has 0 aromatic carbocycles. The molecule has 0 amide bonds. The van der Waals surface area contributed by atoms with Gasteiger partial charge in [0.15, 0.2) is 0 Å². The van der Waals surface area contributed by atoms with Crippen LogP contribution in [0.25, 0.3) is 0 Å². The van der Waals surface area contributed by atoms with Gasteiger partial charge in [-0.1, -0.05) is 6.42 Å². The highest BCUT2D eigenvalue weighted by atomic mass is 16.1. The van der Waals surface area contributed by atoms with Gasteiger partial charge in [0.1, 0.15) is 11.6 Å². The average Bonchev–Trinajstić information content (AvgIpc) is 2.62. The summed E-state index contributed by atoms with van der Waals surface area (Å²) in [6.07, 6.45) is 4.94. The number of rotatable bonds is 6. The van der Waals surface area contributed by atoms with Crippen molar-refractivity contribution < 1.29 is 9.59 Å². The quantitative estimate of drug-likeness (QED) is 0.794. The molecule has 0 bridgehead atoms. The molecule has 1 saturated carbocycles. The minimum atomic E-state index is 0.0941. The van der Waals surface area contributed by atoms with Gasteiger partial charge in [0.2, 0.25) is 0 Å². The molecule has 3 rings (SSSR count). The number of carbonyl (C=O) groups excluding carboxylic acids is 2. The lowest BCUT2D eigenvalue weighted by atomic mass is 9.78. The molecule has 6 heteroatoms. The van der Waals surface area contributed by atoms with Crippen molar-refractivity contribution in [1.29, 1.82) is 0 Å². The maximum atomic E-state index is 11.2. The van der Waals surface area contributed by atoms with Crippen LogP contribution in [0.5, 0.6) is 0 Å². The topological polar surface area (TPSA) is 85.7 Å². The summed E-state index contributed by atoms with van der Waals surface area (Å²) in [5, 5.41) is 17.1. The second kappa shape index (κ2) is 8.25. The lowest BCUT2D eigenvalue weighted by Crippen LogP contribution is -2.16. The maximum Gasteiger partial charge on any atom is 0.135 e. The zero-order valence-electron chi connectivity index (χ0n) is 15.3. The molecule has 1 aliphatic rings. The lowest BCUT2D eigenvalue weighted by molar-refractivity contribution is -0.117. The average molecular weight is 352 g/mol. The maximum absolute atomic E-state index is 11.2. The molecule has 0 aliphatic heterocycles. The summed E-state index contributed by atoms with van der Waals surface area (Å²) in [6, 6.07) is 7.81. The Balaban J connectivity index is 1.67. The normalized spacial score (nSPS) is 19.9. The lowest BCUT2D eigenvalue weighted by Gasteiger charge is -2.28. The van der Waals surface area contributed by atoms with E-state index in [4.69, 9.17) is 0 Å². The predicted octanol–water partition coefficient (Wildman–Crippen LogP) is 2.97. The van der Waals surface area contributed by atoms with Gasteiger partial charge in [-0.25, -0.2) is 0 Å². The third-order valence-corrected chi connectivity index (χ3v) is 4.85. The summed E-state index contributed by atoms with van der Waals surface area (Å²) in [7, 11) is 0. The summed E-state index contributed by atoms with van der Waals surface area (Å²) in [5.41, 5.74) is 3.42. The van der Waals surface area contributed by atoms with Crippen LogP contribution in [0.2, 0.25) is 0 Å². The van der Waals surface area contributed by atoms with Gasteiger partial charge in [0, 0.05) is 11.8 Å². The number of nitrogens with zero attached hydrogens (tertiary/aromatic N) is 4. The van der Waals surface area contributed by atoms with Crippen LogP contribution in [-0.4, -0.2) is 32.0 Å². The molecule has 2 heterocycles. The van der Waals surface area contributed by atoms with E-state index in [9.17, 15) is 9.59 Å². The van der Waals surface area contributed by atoms with Crippen LogP contribution in [0.1, 0.15) is 74.1 Å². The first-order valence-corrected chi connectivity index (χ1v) is 9.15. The van der Waals surface area contributed by atoms with Crippen molar-refractivity contribution in [3.8, 4) is 0 Å². The first kappa shape index (κ1) is 18.3. The molecular weight excluding hydrogens is 328 g/mol. The molecule has 0 radical (unpaired) electrons. The number of hydrogen-bond donors (Lipinski definition) is 0. The van der Waals surface area contributed by atoms with Gasteiger partial charge in [0.25, 0.3) is 0 Å². The molecule has 2 aromatic rings. The van der Waals surface area contributed by atoms with E-state index in [2.05, 4.69) is 20.4 Å². The minimum Gasteiger partial charge on any atom is -0.300 e. The molecule has 0 unspecified atom stereocenters. The molecule has 2 aromatic heterocycles. The molecule has 1 fully saturated rings. The second-order valence-electron chi connectivity index (χ2n) is 7.22. The SMILES string of the molecule is CC(=O)Cc1ccc([C@H]2CCC[C@H](c3ccc(CC(C)=O)nn3)C2)nn1. The van der Waals surface area contributed by atoms with Crippen LogP contribution in [0.15, 0.2) is 24.3 Å². The van der Waals surface area contributed by atoms with Gasteiger partial charge < -0.3 is 0 Å². The number of aromatic nitrogens is 4. The molecule has 2 atom stereocenters. The fourth-order valence-electron chi connectivity index (χ4n) is 3.60. The second-order valence-corrected chi connectivity index (χ2v) is 7.22. The highest BCUT2D eigenvalue weighted by Crippen LogP contribution is 2.39. The van der Waals surface area contributed by atoms with E-state index in [-0.39, 0.29) is 11.6 Å². The van der Waals surface area contributed by atoms with Crippen LogP contribution >= 0.6 is 0 Å². The molecular formula is C20H24N4O2. The van der Waals surface area contributed by atoms with Gasteiger partial charge in [0.05, 0.1) is 35.6 Å². The van der Waals surface area contributed by atoms with E-state index in [0.29, 0.717) is 24.7 Å². The molecule has 0 saturated heterocycles. The van der Waals surface area contributed by atoms with Crippen LogP contribution in [-0.2, 0) is 22.4 Å². The zero-order chi connectivity index (χ0) is 18.5. The molecule has 26 heavy (non-hydrogen) atoms. The van der Waals surface area contributed by atoms with E-state index in [0.717, 1.165) is 48.5 Å². The Labute approximate surface area is 153 Å². The van der Waals surface area contributed by atoms with Crippen molar-refractivity contribution in [3.63, 3.8) is 0 Å². The minimum absolute atomic E-state index is 0.0941. The Bertz CT molecular complexity index is 706. The van der Waals surface area contributed by atoms with Gasteiger partial charge >= 0.3 is 0 Å². The Morgan fingerprint density at radius 2 is 1.27 bits per heavy atom. The monoisotopic (exact) mass is 352 g/mol. The third-order valence-electron chi connectivity index (χ3n) is 4.85. The van der Waals surface area contributed by atoms with E-state index >= 15 is 0 Å². The van der Waals surface area contributed by atoms with Crippen LogP contribution in [0, 0.1) is 0 Å². The van der Waals surface area contributed by atoms with Crippen molar-refractivity contribution >= 4 is 11.6 Å². The first-order valence-electron chi connectivity index (χ1n) is 9.15. The van der Waals surface area contributed by atoms with E-state index in [1.165, 1.54) is 0 Å².